The van der Waals surface area contributed by atoms with E-state index in [1.54, 1.807) is 24.4 Å². The highest BCUT2D eigenvalue weighted by molar-refractivity contribution is 5.94. The molecule has 0 bridgehead atoms. The minimum atomic E-state index is -0.123. The first-order chi connectivity index (χ1) is 11.0. The number of pyridine rings is 1. The molecule has 2 heterocycles. The van der Waals surface area contributed by atoms with Gasteiger partial charge in [-0.15, -0.1) is 0 Å². The third-order valence-electron chi connectivity index (χ3n) is 3.83. The zero-order valence-electron chi connectivity index (χ0n) is 13.1. The number of hydrogen-bond donors (Lipinski definition) is 2. The maximum absolute atomic E-state index is 12.1. The van der Waals surface area contributed by atoms with Crippen LogP contribution in [0.1, 0.15) is 17.8 Å². The number of aryl methyl sites for hydroxylation is 3. The number of nitrogens with one attached hydrogen (secondary N) is 2. The molecule has 0 fully saturated rings. The first kappa shape index (κ1) is 15.0. The standard InChI is InChI=1S/C17H18N4O2/c1-11-9-17(23)20-14-4-3-12(10-13(11)14)19-16(22)6-5-15-18-7-8-21(15)2/h3-4,7-10H,5-6H2,1-2H3,(H,19,22)(H,20,23). The number of imidazole rings is 1. The van der Waals surface area contributed by atoms with E-state index >= 15 is 0 Å². The van der Waals surface area contributed by atoms with Gasteiger partial charge in [-0.05, 0) is 30.7 Å². The lowest BCUT2D eigenvalue weighted by Gasteiger charge is -2.08. The highest BCUT2D eigenvalue weighted by atomic mass is 16.1. The molecule has 1 amide bonds. The Balaban J connectivity index is 1.72. The molecule has 0 atom stereocenters. The van der Waals surface area contributed by atoms with E-state index in [1.807, 2.05) is 30.8 Å². The molecule has 0 saturated heterocycles. The molecule has 23 heavy (non-hydrogen) atoms. The van der Waals surface area contributed by atoms with E-state index in [0.717, 1.165) is 28.0 Å². The van der Waals surface area contributed by atoms with Crippen LogP contribution in [-0.4, -0.2) is 20.4 Å². The van der Waals surface area contributed by atoms with E-state index < -0.39 is 0 Å². The number of aromatic amines is 1. The van der Waals surface area contributed by atoms with Crippen LogP contribution in [-0.2, 0) is 18.3 Å². The van der Waals surface area contributed by atoms with Gasteiger partial charge in [-0.25, -0.2) is 4.98 Å². The Morgan fingerprint density at radius 1 is 1.35 bits per heavy atom. The number of benzene rings is 1. The minimum Gasteiger partial charge on any atom is -0.338 e. The molecule has 1 aromatic carbocycles. The van der Waals surface area contributed by atoms with Gasteiger partial charge in [0.1, 0.15) is 5.82 Å². The Bertz CT molecular complexity index is 924. The molecular formula is C17H18N4O2. The average Bonchev–Trinajstić information content (AvgIpc) is 2.91. The molecule has 6 heteroatoms. The maximum Gasteiger partial charge on any atom is 0.248 e. The number of aromatic nitrogens is 3. The summed E-state index contributed by atoms with van der Waals surface area (Å²) in [7, 11) is 1.91. The third-order valence-corrected chi connectivity index (χ3v) is 3.83. The van der Waals surface area contributed by atoms with Gasteiger partial charge in [0, 0.05) is 54.9 Å². The van der Waals surface area contributed by atoms with Gasteiger partial charge in [0.05, 0.1) is 0 Å². The summed E-state index contributed by atoms with van der Waals surface area (Å²) in [6, 6.07) is 7.02. The number of amides is 1. The van der Waals surface area contributed by atoms with Crippen LogP contribution >= 0.6 is 0 Å². The average molecular weight is 310 g/mol. The van der Waals surface area contributed by atoms with Crippen molar-refractivity contribution in [2.45, 2.75) is 19.8 Å². The number of hydrogen-bond acceptors (Lipinski definition) is 3. The predicted octanol–water partition coefficient (Wildman–Crippen LogP) is 2.14. The van der Waals surface area contributed by atoms with Gasteiger partial charge in [0.15, 0.2) is 0 Å². The number of anilines is 1. The van der Waals surface area contributed by atoms with Crippen LogP contribution in [0.2, 0.25) is 0 Å². The summed E-state index contributed by atoms with van der Waals surface area (Å²) < 4.78 is 1.91. The Morgan fingerprint density at radius 3 is 2.91 bits per heavy atom. The van der Waals surface area contributed by atoms with Crippen molar-refractivity contribution in [2.24, 2.45) is 7.05 Å². The first-order valence-corrected chi connectivity index (χ1v) is 7.42. The molecule has 2 N–H and O–H groups in total. The van der Waals surface area contributed by atoms with Crippen LogP contribution in [0.3, 0.4) is 0 Å². The van der Waals surface area contributed by atoms with E-state index in [4.69, 9.17) is 0 Å². The molecule has 2 aromatic heterocycles. The molecule has 0 aliphatic heterocycles. The Kier molecular flexibility index (Phi) is 3.97. The number of fused-ring (bicyclic) bond motifs is 1. The van der Waals surface area contributed by atoms with Crippen molar-refractivity contribution in [3.05, 3.63) is 58.4 Å². The van der Waals surface area contributed by atoms with Crippen LogP contribution < -0.4 is 10.9 Å². The van der Waals surface area contributed by atoms with Crippen molar-refractivity contribution in [3.8, 4) is 0 Å². The van der Waals surface area contributed by atoms with E-state index in [0.29, 0.717) is 12.8 Å². The van der Waals surface area contributed by atoms with Gasteiger partial charge < -0.3 is 14.9 Å². The lowest BCUT2D eigenvalue weighted by atomic mass is 10.1. The molecule has 3 rings (SSSR count). The fourth-order valence-corrected chi connectivity index (χ4v) is 2.59. The molecule has 118 valence electrons. The summed E-state index contributed by atoms with van der Waals surface area (Å²) in [4.78, 5) is 30.5. The molecule has 0 spiro atoms. The van der Waals surface area contributed by atoms with Crippen LogP contribution in [0.5, 0.6) is 0 Å². The normalized spacial score (nSPS) is 10.9. The van der Waals surface area contributed by atoms with Gasteiger partial charge in [-0.2, -0.15) is 0 Å². The third kappa shape index (κ3) is 3.31. The zero-order chi connectivity index (χ0) is 16.4. The van der Waals surface area contributed by atoms with Crippen LogP contribution in [0, 0.1) is 6.92 Å². The quantitative estimate of drug-likeness (QED) is 0.775. The summed E-state index contributed by atoms with van der Waals surface area (Å²) in [6.07, 6.45) is 4.54. The second kappa shape index (κ2) is 6.08. The predicted molar refractivity (Wildman–Crippen MR) is 89.5 cm³/mol. The van der Waals surface area contributed by atoms with Crippen molar-refractivity contribution in [1.29, 1.82) is 0 Å². The number of H-pyrrole nitrogens is 1. The van der Waals surface area contributed by atoms with Gasteiger partial charge in [0.25, 0.3) is 0 Å². The van der Waals surface area contributed by atoms with Gasteiger partial charge in [-0.1, -0.05) is 0 Å². The summed E-state index contributed by atoms with van der Waals surface area (Å²) >= 11 is 0. The van der Waals surface area contributed by atoms with Crippen LogP contribution in [0.25, 0.3) is 10.9 Å². The first-order valence-electron chi connectivity index (χ1n) is 7.42. The molecular weight excluding hydrogens is 292 g/mol. The smallest absolute Gasteiger partial charge is 0.248 e. The van der Waals surface area contributed by atoms with E-state index in [9.17, 15) is 9.59 Å². The van der Waals surface area contributed by atoms with Gasteiger partial charge >= 0.3 is 0 Å². The lowest BCUT2D eigenvalue weighted by Crippen LogP contribution is -2.13. The van der Waals surface area contributed by atoms with Crippen molar-refractivity contribution in [1.82, 2.24) is 14.5 Å². The van der Waals surface area contributed by atoms with E-state index in [2.05, 4.69) is 15.3 Å². The number of nitrogens with zero attached hydrogens (tertiary/aromatic N) is 2. The fourth-order valence-electron chi connectivity index (χ4n) is 2.59. The van der Waals surface area contributed by atoms with Crippen LogP contribution in [0.4, 0.5) is 5.69 Å². The summed E-state index contributed by atoms with van der Waals surface area (Å²) in [5, 5.41) is 3.81. The van der Waals surface area contributed by atoms with Gasteiger partial charge in [0.2, 0.25) is 11.5 Å². The summed E-state index contributed by atoms with van der Waals surface area (Å²) in [5.74, 6) is 0.821. The number of carbonyl (C=O) groups is 1. The second-order valence-electron chi connectivity index (χ2n) is 5.58. The Hall–Kier alpha value is -2.89. The molecule has 0 radical (unpaired) electrons. The highest BCUT2D eigenvalue weighted by Crippen LogP contribution is 2.19. The van der Waals surface area contributed by atoms with E-state index in [1.165, 1.54) is 0 Å². The van der Waals surface area contributed by atoms with Crippen molar-refractivity contribution in [2.75, 3.05) is 5.32 Å². The van der Waals surface area contributed by atoms with Gasteiger partial charge in [-0.3, -0.25) is 9.59 Å². The molecule has 6 nitrogen and oxygen atoms in total. The topological polar surface area (TPSA) is 79.8 Å². The molecule has 0 saturated carbocycles. The van der Waals surface area contributed by atoms with Crippen molar-refractivity contribution < 1.29 is 4.79 Å². The number of rotatable bonds is 4. The molecule has 0 aliphatic rings. The fraction of sp³-hybridized carbons (Fsp3) is 0.235. The monoisotopic (exact) mass is 310 g/mol. The Morgan fingerprint density at radius 2 is 2.17 bits per heavy atom. The largest absolute Gasteiger partial charge is 0.338 e. The maximum atomic E-state index is 12.1. The summed E-state index contributed by atoms with van der Waals surface area (Å²) in [5.41, 5.74) is 2.24. The SMILES string of the molecule is Cc1cc(=O)[nH]c2ccc(NC(=O)CCc3nccn3C)cc12. The van der Waals surface area contributed by atoms with Crippen molar-refractivity contribution >= 4 is 22.5 Å². The minimum absolute atomic E-state index is 0.0607. The molecule has 0 aliphatic carbocycles. The highest BCUT2D eigenvalue weighted by Gasteiger charge is 2.07. The second-order valence-corrected chi connectivity index (χ2v) is 5.58. The molecule has 3 aromatic rings. The lowest BCUT2D eigenvalue weighted by molar-refractivity contribution is -0.116. The number of carbonyl (C=O) groups excluding carboxylic acids is 1. The molecule has 0 unspecified atom stereocenters. The Labute approximate surface area is 133 Å². The van der Waals surface area contributed by atoms with Crippen LogP contribution in [0.15, 0.2) is 41.5 Å². The van der Waals surface area contributed by atoms with E-state index in [-0.39, 0.29) is 11.5 Å². The summed E-state index contributed by atoms with van der Waals surface area (Å²) in [6.45, 7) is 1.88. The zero-order valence-corrected chi connectivity index (χ0v) is 13.1. The van der Waals surface area contributed by atoms with Crippen molar-refractivity contribution in [3.63, 3.8) is 0 Å².